The highest BCUT2D eigenvalue weighted by Crippen LogP contribution is 2.37. The van der Waals surface area contributed by atoms with Crippen LogP contribution in [0.1, 0.15) is 31.0 Å². The number of nitrogens with zero attached hydrogens (tertiary/aromatic N) is 4. The van der Waals surface area contributed by atoms with Gasteiger partial charge in [-0.05, 0) is 44.7 Å². The molecule has 1 fully saturated rings. The molecule has 0 radical (unpaired) electrons. The van der Waals surface area contributed by atoms with Crippen molar-refractivity contribution in [1.82, 2.24) is 15.0 Å². The number of aromatic nitrogens is 3. The molecule has 6 nitrogen and oxygen atoms in total. The van der Waals surface area contributed by atoms with Crippen LogP contribution in [0.15, 0.2) is 24.5 Å². The van der Waals surface area contributed by atoms with Crippen molar-refractivity contribution >= 4 is 11.8 Å². The smallest absolute Gasteiger partial charge is 0.311 e. The first-order valence-corrected chi connectivity index (χ1v) is 8.35. The first-order chi connectivity index (χ1) is 11.6. The molecule has 3 heterocycles. The fraction of sp³-hybridized carbons (Fsp3) is 0.444. The summed E-state index contributed by atoms with van der Waals surface area (Å²) in [6.07, 6.45) is 7.16. The summed E-state index contributed by atoms with van der Waals surface area (Å²) in [6, 6.07) is 3.84. The van der Waals surface area contributed by atoms with Gasteiger partial charge >= 0.3 is 5.97 Å². The van der Waals surface area contributed by atoms with E-state index in [1.807, 2.05) is 19.1 Å². The van der Waals surface area contributed by atoms with Gasteiger partial charge in [-0.15, -0.1) is 0 Å². The molecular weight excluding hydrogens is 304 g/mol. The van der Waals surface area contributed by atoms with Gasteiger partial charge in [0.15, 0.2) is 5.82 Å². The Morgan fingerprint density at radius 3 is 2.92 bits per heavy atom. The molecule has 2 aliphatic rings. The molecule has 1 saturated heterocycles. The lowest BCUT2D eigenvalue weighted by atomic mass is 9.90. The molecule has 4 rings (SSSR count). The minimum absolute atomic E-state index is 0.498. The van der Waals surface area contributed by atoms with Gasteiger partial charge in [0.05, 0.1) is 5.41 Å². The van der Waals surface area contributed by atoms with Crippen molar-refractivity contribution in [3.63, 3.8) is 0 Å². The number of hydrogen-bond acceptors (Lipinski definition) is 5. The van der Waals surface area contributed by atoms with Gasteiger partial charge in [-0.25, -0.2) is 9.97 Å². The van der Waals surface area contributed by atoms with E-state index in [-0.39, 0.29) is 0 Å². The molecule has 0 saturated carbocycles. The van der Waals surface area contributed by atoms with Crippen molar-refractivity contribution < 1.29 is 9.90 Å². The highest BCUT2D eigenvalue weighted by Gasteiger charge is 2.42. The molecule has 2 aromatic heterocycles. The van der Waals surface area contributed by atoms with E-state index in [1.165, 1.54) is 5.56 Å². The Morgan fingerprint density at radius 2 is 2.21 bits per heavy atom. The molecule has 0 spiro atoms. The number of carbonyl (C=O) groups is 1. The molecule has 24 heavy (non-hydrogen) atoms. The summed E-state index contributed by atoms with van der Waals surface area (Å²) >= 11 is 0. The number of carboxylic acids is 1. The molecule has 124 valence electrons. The van der Waals surface area contributed by atoms with E-state index in [0.717, 1.165) is 42.9 Å². The van der Waals surface area contributed by atoms with E-state index in [9.17, 15) is 9.90 Å². The Kier molecular flexibility index (Phi) is 3.48. The lowest BCUT2D eigenvalue weighted by Crippen LogP contribution is -2.32. The molecule has 0 aromatic carbocycles. The zero-order valence-electron chi connectivity index (χ0n) is 13.7. The van der Waals surface area contributed by atoms with Crippen molar-refractivity contribution in [2.75, 3.05) is 18.0 Å². The average Bonchev–Trinajstić information content (AvgIpc) is 3.22. The van der Waals surface area contributed by atoms with Crippen LogP contribution in [0.2, 0.25) is 0 Å². The Labute approximate surface area is 140 Å². The molecule has 6 heteroatoms. The summed E-state index contributed by atoms with van der Waals surface area (Å²) in [5.74, 6) is 0.868. The number of aryl methyl sites for hydroxylation is 1. The Bertz CT molecular complexity index is 793. The lowest BCUT2D eigenvalue weighted by molar-refractivity contribution is -0.146. The van der Waals surface area contributed by atoms with Crippen LogP contribution in [0.25, 0.3) is 11.4 Å². The molecule has 0 amide bonds. The van der Waals surface area contributed by atoms with Gasteiger partial charge in [-0.1, -0.05) is 0 Å². The molecule has 2 aromatic rings. The molecule has 1 unspecified atom stereocenters. The quantitative estimate of drug-likeness (QED) is 0.933. The highest BCUT2D eigenvalue weighted by molar-refractivity contribution is 5.76. The van der Waals surface area contributed by atoms with Gasteiger partial charge < -0.3 is 10.0 Å². The van der Waals surface area contributed by atoms with Crippen molar-refractivity contribution in [3.05, 3.63) is 35.8 Å². The fourth-order valence-electron chi connectivity index (χ4n) is 3.61. The summed E-state index contributed by atoms with van der Waals surface area (Å²) < 4.78 is 0. The first-order valence-electron chi connectivity index (χ1n) is 8.35. The Morgan fingerprint density at radius 1 is 1.33 bits per heavy atom. The van der Waals surface area contributed by atoms with Crippen LogP contribution in [0.4, 0.5) is 5.82 Å². The maximum absolute atomic E-state index is 11.6. The van der Waals surface area contributed by atoms with Crippen LogP contribution < -0.4 is 4.90 Å². The topological polar surface area (TPSA) is 79.2 Å². The van der Waals surface area contributed by atoms with Crippen LogP contribution in [-0.2, 0) is 17.6 Å². The molecular formula is C18H20N4O2. The third-order valence-corrected chi connectivity index (χ3v) is 5.12. The number of pyridine rings is 1. The maximum atomic E-state index is 11.6. The van der Waals surface area contributed by atoms with Gasteiger partial charge in [-0.3, -0.25) is 9.78 Å². The number of anilines is 1. The third kappa shape index (κ3) is 2.42. The molecule has 1 N–H and O–H groups in total. The van der Waals surface area contributed by atoms with Gasteiger partial charge in [0.1, 0.15) is 5.82 Å². The summed E-state index contributed by atoms with van der Waals surface area (Å²) in [5.41, 5.74) is 2.49. The third-order valence-electron chi connectivity index (χ3n) is 5.12. The second kappa shape index (κ2) is 5.54. The number of fused-ring (bicyclic) bond motifs is 1. The summed E-state index contributed by atoms with van der Waals surface area (Å²) in [6.45, 7) is 3.04. The SMILES string of the molecule is CC1(C(=O)O)CCN(c2nc(-c3cccnc3)nc3c2CCC3)C1. The van der Waals surface area contributed by atoms with Crippen molar-refractivity contribution in [3.8, 4) is 11.4 Å². The second-order valence-electron chi connectivity index (χ2n) is 6.93. The monoisotopic (exact) mass is 324 g/mol. The van der Waals surface area contributed by atoms with Gasteiger partial charge in [0.25, 0.3) is 0 Å². The van der Waals surface area contributed by atoms with Gasteiger partial charge in [-0.2, -0.15) is 0 Å². The van der Waals surface area contributed by atoms with Crippen LogP contribution in [0, 0.1) is 5.41 Å². The number of carboxylic acid groups (broad SMARTS) is 1. The average molecular weight is 324 g/mol. The normalized spacial score (nSPS) is 22.6. The lowest BCUT2D eigenvalue weighted by Gasteiger charge is -2.23. The van der Waals surface area contributed by atoms with Crippen molar-refractivity contribution in [2.45, 2.75) is 32.6 Å². The maximum Gasteiger partial charge on any atom is 0.311 e. The van der Waals surface area contributed by atoms with Crippen molar-refractivity contribution in [1.29, 1.82) is 0 Å². The highest BCUT2D eigenvalue weighted by atomic mass is 16.4. The molecule has 1 aliphatic carbocycles. The Balaban J connectivity index is 1.76. The second-order valence-corrected chi connectivity index (χ2v) is 6.93. The van der Waals surface area contributed by atoms with Crippen molar-refractivity contribution in [2.24, 2.45) is 5.41 Å². The van der Waals surface area contributed by atoms with E-state index in [4.69, 9.17) is 9.97 Å². The summed E-state index contributed by atoms with van der Waals surface area (Å²) in [4.78, 5) is 27.4. The summed E-state index contributed by atoms with van der Waals surface area (Å²) in [7, 11) is 0. The zero-order valence-corrected chi connectivity index (χ0v) is 13.7. The van der Waals surface area contributed by atoms with E-state index in [1.54, 1.807) is 12.4 Å². The predicted octanol–water partition coefficient (Wildman–Crippen LogP) is 2.33. The number of rotatable bonds is 3. The molecule has 1 atom stereocenters. The van der Waals surface area contributed by atoms with E-state index in [0.29, 0.717) is 18.8 Å². The predicted molar refractivity (Wildman–Crippen MR) is 89.9 cm³/mol. The Hall–Kier alpha value is -2.50. The van der Waals surface area contributed by atoms with Crippen LogP contribution in [0.5, 0.6) is 0 Å². The largest absolute Gasteiger partial charge is 0.481 e. The van der Waals surface area contributed by atoms with E-state index in [2.05, 4.69) is 9.88 Å². The number of aliphatic carboxylic acids is 1. The van der Waals surface area contributed by atoms with E-state index >= 15 is 0 Å². The van der Waals surface area contributed by atoms with Crippen LogP contribution in [0.3, 0.4) is 0 Å². The fourth-order valence-corrected chi connectivity index (χ4v) is 3.61. The minimum atomic E-state index is -0.733. The minimum Gasteiger partial charge on any atom is -0.481 e. The van der Waals surface area contributed by atoms with Gasteiger partial charge in [0.2, 0.25) is 0 Å². The zero-order chi connectivity index (χ0) is 16.7. The van der Waals surface area contributed by atoms with Crippen LogP contribution >= 0.6 is 0 Å². The first kappa shape index (κ1) is 15.1. The molecule has 1 aliphatic heterocycles. The van der Waals surface area contributed by atoms with E-state index < -0.39 is 11.4 Å². The molecule has 0 bridgehead atoms. The number of hydrogen-bond donors (Lipinski definition) is 1. The van der Waals surface area contributed by atoms with Crippen LogP contribution in [-0.4, -0.2) is 39.1 Å². The summed E-state index contributed by atoms with van der Waals surface area (Å²) in [5, 5.41) is 9.50. The standard InChI is InChI=1S/C18H20N4O2/c1-18(17(23)24)7-9-22(11-18)16-13-5-2-6-14(13)20-15(21-16)12-4-3-8-19-10-12/h3-4,8,10H,2,5-7,9,11H2,1H3,(H,23,24). The van der Waals surface area contributed by atoms with Gasteiger partial charge in [0, 0.05) is 42.3 Å².